The molecular formula is C50H81N5O7S. The molecule has 0 saturated heterocycles. The summed E-state index contributed by atoms with van der Waals surface area (Å²) in [6, 6.07) is 10.5. The summed E-state index contributed by atoms with van der Waals surface area (Å²) in [6.45, 7) is 11.3. The summed E-state index contributed by atoms with van der Waals surface area (Å²) in [5, 5.41) is 36.9. The Kier molecular flexibility index (Phi) is 34.5. The molecule has 0 atom stereocenters. The quantitative estimate of drug-likeness (QED) is 0.0501. The number of nitrogens with zero attached hydrogens (tertiary/aromatic N) is 5. The molecule has 0 saturated carbocycles. The number of aryl methyl sites for hydroxylation is 1. The van der Waals surface area contributed by atoms with Crippen molar-refractivity contribution in [1.29, 1.82) is 10.5 Å². The highest BCUT2D eigenvalue weighted by molar-refractivity contribution is 7.16. The minimum atomic E-state index is -0.995. The maximum atomic E-state index is 10.4. The van der Waals surface area contributed by atoms with Gasteiger partial charge in [-0.05, 0) is 49.6 Å². The maximum Gasteiger partial charge on any atom is 0.329 e. The SMILES string of the molecule is CCCCCCCCCCCCCCCCCCCCCCCCN(CCOCCOCCOCCOCCOCC(=O)O)c1ccc(/N=N\c2sc(C#N)c(C)c2C#N)c(C)c1. The third-order valence-corrected chi connectivity index (χ3v) is 12.2. The minimum Gasteiger partial charge on any atom is -0.480 e. The first-order chi connectivity index (χ1) is 30.9. The average Bonchev–Trinajstić information content (AvgIpc) is 3.60. The number of anilines is 1. The zero-order chi connectivity index (χ0) is 45.4. The van der Waals surface area contributed by atoms with E-state index < -0.39 is 5.97 Å². The summed E-state index contributed by atoms with van der Waals surface area (Å²) < 4.78 is 27.4. The number of azo groups is 1. The van der Waals surface area contributed by atoms with Gasteiger partial charge in [-0.1, -0.05) is 142 Å². The van der Waals surface area contributed by atoms with E-state index in [2.05, 4.69) is 46.3 Å². The summed E-state index contributed by atoms with van der Waals surface area (Å²) in [5.74, 6) is -0.995. The van der Waals surface area contributed by atoms with Gasteiger partial charge >= 0.3 is 5.97 Å². The van der Waals surface area contributed by atoms with Gasteiger partial charge in [0, 0.05) is 18.8 Å². The van der Waals surface area contributed by atoms with Crippen LogP contribution >= 0.6 is 11.3 Å². The summed E-state index contributed by atoms with van der Waals surface area (Å²) in [7, 11) is 0. The van der Waals surface area contributed by atoms with Gasteiger partial charge in [0.25, 0.3) is 0 Å². The summed E-state index contributed by atoms with van der Waals surface area (Å²) in [6.07, 6.45) is 30.2. The Balaban J connectivity index is 1.66. The zero-order valence-electron chi connectivity index (χ0n) is 39.3. The molecule has 0 aliphatic heterocycles. The Morgan fingerprint density at radius 2 is 1.05 bits per heavy atom. The fourth-order valence-electron chi connectivity index (χ4n) is 7.35. The molecule has 1 aromatic carbocycles. The van der Waals surface area contributed by atoms with Crippen molar-refractivity contribution >= 4 is 33.7 Å². The zero-order valence-corrected chi connectivity index (χ0v) is 40.1. The van der Waals surface area contributed by atoms with Crippen LogP contribution in [0.3, 0.4) is 0 Å². The smallest absolute Gasteiger partial charge is 0.329 e. The Morgan fingerprint density at radius 3 is 1.48 bits per heavy atom. The minimum absolute atomic E-state index is 0.236. The van der Waals surface area contributed by atoms with E-state index in [4.69, 9.17) is 28.8 Å². The van der Waals surface area contributed by atoms with Gasteiger partial charge < -0.3 is 33.7 Å². The number of carboxylic acid groups (broad SMARTS) is 1. The molecule has 12 nitrogen and oxygen atoms in total. The molecule has 0 amide bonds. The van der Waals surface area contributed by atoms with Gasteiger partial charge in [-0.25, -0.2) is 4.79 Å². The highest BCUT2D eigenvalue weighted by atomic mass is 32.1. The first kappa shape index (κ1) is 55.7. The van der Waals surface area contributed by atoms with Gasteiger partial charge in [0.1, 0.15) is 23.6 Å². The molecular weight excluding hydrogens is 815 g/mol. The van der Waals surface area contributed by atoms with Crippen molar-refractivity contribution in [3.05, 3.63) is 39.8 Å². The lowest BCUT2D eigenvalue weighted by molar-refractivity contribution is -0.142. The highest BCUT2D eigenvalue weighted by Gasteiger charge is 2.15. The van der Waals surface area contributed by atoms with Gasteiger partial charge in [0.05, 0.1) is 70.7 Å². The lowest BCUT2D eigenvalue weighted by Gasteiger charge is -2.25. The molecule has 0 unspecified atom stereocenters. The largest absolute Gasteiger partial charge is 0.480 e. The Hall–Kier alpha value is -3.43. The van der Waals surface area contributed by atoms with Gasteiger partial charge in [0.15, 0.2) is 5.00 Å². The molecule has 0 bridgehead atoms. The molecule has 1 aromatic heterocycles. The second kappa shape index (κ2) is 39.0. The molecule has 0 fully saturated rings. The Bertz CT molecular complexity index is 1570. The normalized spacial score (nSPS) is 11.4. The van der Waals surface area contributed by atoms with Gasteiger partial charge in [-0.2, -0.15) is 10.5 Å². The number of unbranched alkanes of at least 4 members (excludes halogenated alkanes) is 21. The molecule has 354 valence electrons. The number of rotatable bonds is 43. The van der Waals surface area contributed by atoms with Crippen LogP contribution in [0.1, 0.15) is 170 Å². The predicted octanol–water partition coefficient (Wildman–Crippen LogP) is 13.1. The number of thiophene rings is 1. The summed E-state index contributed by atoms with van der Waals surface area (Å²) >= 11 is 1.19. The van der Waals surface area contributed by atoms with Crippen LogP contribution in [-0.4, -0.2) is 90.2 Å². The Labute approximate surface area is 384 Å². The van der Waals surface area contributed by atoms with Crippen LogP contribution in [0, 0.1) is 36.5 Å². The van der Waals surface area contributed by atoms with Crippen molar-refractivity contribution in [2.75, 3.05) is 84.1 Å². The van der Waals surface area contributed by atoms with Crippen LogP contribution in [0.5, 0.6) is 0 Å². The molecule has 0 aliphatic carbocycles. The van der Waals surface area contributed by atoms with Crippen LogP contribution in [0.25, 0.3) is 0 Å². The van der Waals surface area contributed by atoms with Gasteiger partial charge in [0.2, 0.25) is 0 Å². The third kappa shape index (κ3) is 28.2. The van der Waals surface area contributed by atoms with E-state index in [0.29, 0.717) is 73.9 Å². The number of carboxylic acids is 1. The maximum absolute atomic E-state index is 10.4. The number of nitriles is 2. The second-order valence-corrected chi connectivity index (χ2v) is 17.4. The molecule has 2 aromatic rings. The van der Waals surface area contributed by atoms with Crippen molar-refractivity contribution in [3.8, 4) is 12.1 Å². The highest BCUT2D eigenvalue weighted by Crippen LogP contribution is 2.36. The van der Waals surface area contributed by atoms with Gasteiger partial charge in [-0.3, -0.25) is 0 Å². The van der Waals surface area contributed by atoms with E-state index in [9.17, 15) is 15.3 Å². The average molecular weight is 896 g/mol. The Morgan fingerprint density at radius 1 is 0.603 bits per heavy atom. The van der Waals surface area contributed by atoms with Gasteiger partial charge in [-0.15, -0.1) is 21.6 Å². The molecule has 2 rings (SSSR count). The predicted molar refractivity (Wildman–Crippen MR) is 255 cm³/mol. The number of carbonyl (C=O) groups is 1. The monoisotopic (exact) mass is 896 g/mol. The second-order valence-electron chi connectivity index (χ2n) is 16.4. The van der Waals surface area contributed by atoms with Crippen molar-refractivity contribution in [1.82, 2.24) is 0 Å². The van der Waals surface area contributed by atoms with Crippen LogP contribution in [-0.2, 0) is 28.5 Å². The molecule has 0 radical (unpaired) electrons. The summed E-state index contributed by atoms with van der Waals surface area (Å²) in [4.78, 5) is 13.3. The fraction of sp³-hybridized carbons (Fsp3) is 0.740. The van der Waals surface area contributed by atoms with Crippen LogP contribution in [0.2, 0.25) is 0 Å². The van der Waals surface area contributed by atoms with Crippen molar-refractivity contribution in [2.45, 2.75) is 162 Å². The van der Waals surface area contributed by atoms with E-state index in [1.54, 1.807) is 6.92 Å². The number of hydrogen-bond donors (Lipinski definition) is 1. The molecule has 1 heterocycles. The number of ether oxygens (including phenoxy) is 5. The fourth-order valence-corrected chi connectivity index (χ4v) is 8.23. The number of aliphatic carboxylic acids is 1. The van der Waals surface area contributed by atoms with E-state index in [1.807, 2.05) is 13.0 Å². The molecule has 0 spiro atoms. The number of benzene rings is 1. The van der Waals surface area contributed by atoms with Crippen LogP contribution in [0.15, 0.2) is 28.4 Å². The van der Waals surface area contributed by atoms with Crippen molar-refractivity contribution in [2.24, 2.45) is 10.2 Å². The van der Waals surface area contributed by atoms with E-state index >= 15 is 0 Å². The molecule has 63 heavy (non-hydrogen) atoms. The number of hydrogen-bond acceptors (Lipinski definition) is 12. The topological polar surface area (TPSA) is 159 Å². The summed E-state index contributed by atoms with van der Waals surface area (Å²) in [5.41, 5.74) is 3.87. The van der Waals surface area contributed by atoms with Crippen molar-refractivity contribution in [3.63, 3.8) is 0 Å². The van der Waals surface area contributed by atoms with E-state index in [1.165, 1.54) is 146 Å². The molecule has 0 aliphatic rings. The first-order valence-electron chi connectivity index (χ1n) is 24.2. The molecule has 1 N–H and O–H groups in total. The molecule has 13 heteroatoms. The standard InChI is InChI=1S/C50H81N5O7S/c1-4-5-6-7-8-9-10-11-12-13-14-15-16-17-18-19-20-21-22-23-24-25-28-55(29-30-58-31-32-59-33-34-60-35-36-61-37-38-62-42-49(56)57)45-26-27-47(43(2)39-45)53-54-50-46(40-51)44(3)48(41-52)63-50/h26-27,39H,4-25,28-38,42H2,1-3H3,(H,56,57)/b54-53-. The van der Waals surface area contributed by atoms with Crippen LogP contribution in [0.4, 0.5) is 16.4 Å². The van der Waals surface area contributed by atoms with Crippen molar-refractivity contribution < 1.29 is 33.6 Å². The van der Waals surface area contributed by atoms with E-state index in [0.717, 1.165) is 36.4 Å². The van der Waals surface area contributed by atoms with Crippen LogP contribution < -0.4 is 4.90 Å². The lowest BCUT2D eigenvalue weighted by atomic mass is 10.0. The lowest BCUT2D eigenvalue weighted by Crippen LogP contribution is -2.29. The van der Waals surface area contributed by atoms with E-state index in [-0.39, 0.29) is 13.2 Å². The third-order valence-electron chi connectivity index (χ3n) is 11.1. The first-order valence-corrected chi connectivity index (χ1v) is 25.0.